The number of hydrogen-bond acceptors (Lipinski definition) is 4. The zero-order chi connectivity index (χ0) is 27.9. The summed E-state index contributed by atoms with van der Waals surface area (Å²) >= 11 is 1.49. The third kappa shape index (κ3) is 4.47. The minimum atomic E-state index is -0.196. The molecule has 206 valence electrons. The van der Waals surface area contributed by atoms with Crippen molar-refractivity contribution in [3.8, 4) is 5.75 Å². The number of ether oxygens (including phenoxy) is 1. The zero-order valence-corrected chi connectivity index (χ0v) is 24.3. The van der Waals surface area contributed by atoms with Crippen molar-refractivity contribution in [1.82, 2.24) is 9.13 Å². The first-order valence-electron chi connectivity index (χ1n) is 14.6. The van der Waals surface area contributed by atoms with Gasteiger partial charge in [0.1, 0.15) is 5.75 Å². The molecule has 0 saturated carbocycles. The number of benzene rings is 3. The number of hydrogen-bond donors (Lipinski definition) is 0. The number of thiazole rings is 1. The van der Waals surface area contributed by atoms with Crippen LogP contribution in [0.1, 0.15) is 61.4 Å². The molecule has 0 spiro atoms. The summed E-state index contributed by atoms with van der Waals surface area (Å²) in [6, 6.07) is 25.1. The van der Waals surface area contributed by atoms with Crippen LogP contribution in [0.25, 0.3) is 22.7 Å². The van der Waals surface area contributed by atoms with E-state index in [1.54, 1.807) is 0 Å². The molecule has 1 aliphatic heterocycles. The molecule has 1 unspecified atom stereocenters. The molecule has 41 heavy (non-hydrogen) atoms. The summed E-state index contributed by atoms with van der Waals surface area (Å²) in [5.41, 5.74) is 8.12. The number of allylic oxidation sites excluding steroid dienone is 1. The Morgan fingerprint density at radius 1 is 1.00 bits per heavy atom. The lowest BCUT2D eigenvalue weighted by molar-refractivity contribution is 0.340. The molecule has 6 heteroatoms. The van der Waals surface area contributed by atoms with Gasteiger partial charge in [-0.1, -0.05) is 79.3 Å². The fourth-order valence-corrected chi connectivity index (χ4v) is 7.27. The summed E-state index contributed by atoms with van der Waals surface area (Å²) in [5, 5.41) is 1.17. The van der Waals surface area contributed by atoms with E-state index in [1.807, 2.05) is 23.6 Å². The highest BCUT2D eigenvalue weighted by molar-refractivity contribution is 7.07. The van der Waals surface area contributed by atoms with Gasteiger partial charge in [-0.2, -0.15) is 0 Å². The zero-order valence-electron chi connectivity index (χ0n) is 23.5. The predicted octanol–water partition coefficient (Wildman–Crippen LogP) is 6.47. The van der Waals surface area contributed by atoms with E-state index in [0.29, 0.717) is 11.1 Å². The summed E-state index contributed by atoms with van der Waals surface area (Å²) in [6.45, 7) is 5.79. The molecule has 0 radical (unpaired) electrons. The van der Waals surface area contributed by atoms with Gasteiger partial charge in [-0.3, -0.25) is 9.36 Å². The van der Waals surface area contributed by atoms with Crippen molar-refractivity contribution in [2.75, 3.05) is 6.61 Å². The van der Waals surface area contributed by atoms with Crippen LogP contribution >= 0.6 is 11.3 Å². The van der Waals surface area contributed by atoms with Gasteiger partial charge < -0.3 is 9.30 Å². The van der Waals surface area contributed by atoms with Crippen LogP contribution in [-0.2, 0) is 13.0 Å². The van der Waals surface area contributed by atoms with Crippen LogP contribution in [-0.4, -0.2) is 15.7 Å². The number of fused-ring (bicyclic) bond motifs is 4. The van der Waals surface area contributed by atoms with Gasteiger partial charge in [-0.05, 0) is 67.2 Å². The molecule has 0 saturated heterocycles. The number of aromatic nitrogens is 2. The topological polar surface area (TPSA) is 48.5 Å². The molecule has 3 heterocycles. The highest BCUT2D eigenvalue weighted by atomic mass is 32.1. The van der Waals surface area contributed by atoms with Gasteiger partial charge in [0.05, 0.1) is 22.9 Å². The summed E-state index contributed by atoms with van der Waals surface area (Å²) < 4.78 is 10.7. The average Bonchev–Trinajstić information content (AvgIpc) is 3.52. The maximum Gasteiger partial charge on any atom is 0.271 e. The van der Waals surface area contributed by atoms with E-state index >= 15 is 0 Å². The van der Waals surface area contributed by atoms with E-state index in [-0.39, 0.29) is 11.6 Å². The maximum absolute atomic E-state index is 14.2. The normalized spacial score (nSPS) is 16.3. The van der Waals surface area contributed by atoms with Crippen LogP contribution in [0.5, 0.6) is 5.75 Å². The van der Waals surface area contributed by atoms with E-state index in [1.165, 1.54) is 38.9 Å². The van der Waals surface area contributed by atoms with Crippen LogP contribution in [0.4, 0.5) is 0 Å². The molecule has 2 aromatic heterocycles. The SMILES string of the molecule is CCCCn1cc(/C=c2\sc3n(c2=O)C(c2ccc(OCC)cc2)C2=C(N=3)c3ccccc3CC2)c2ccccc21. The van der Waals surface area contributed by atoms with Crippen molar-refractivity contribution in [3.63, 3.8) is 0 Å². The Bertz CT molecular complexity index is 1970. The van der Waals surface area contributed by atoms with Crippen molar-refractivity contribution < 1.29 is 4.74 Å². The van der Waals surface area contributed by atoms with E-state index in [4.69, 9.17) is 9.73 Å². The minimum Gasteiger partial charge on any atom is -0.494 e. The molecule has 0 amide bonds. The predicted molar refractivity (Wildman–Crippen MR) is 167 cm³/mol. The van der Waals surface area contributed by atoms with Gasteiger partial charge in [0.2, 0.25) is 0 Å². The van der Waals surface area contributed by atoms with Crippen molar-refractivity contribution in [3.05, 3.63) is 127 Å². The lowest BCUT2D eigenvalue weighted by Crippen LogP contribution is -2.38. The highest BCUT2D eigenvalue weighted by Gasteiger charge is 2.32. The van der Waals surface area contributed by atoms with Crippen molar-refractivity contribution in [1.29, 1.82) is 0 Å². The first-order valence-corrected chi connectivity index (χ1v) is 15.4. The molecule has 0 bridgehead atoms. The quantitative estimate of drug-likeness (QED) is 0.229. The summed E-state index contributed by atoms with van der Waals surface area (Å²) in [7, 11) is 0. The van der Waals surface area contributed by atoms with Gasteiger partial charge >= 0.3 is 0 Å². The van der Waals surface area contributed by atoms with Crippen molar-refractivity contribution in [2.24, 2.45) is 4.99 Å². The van der Waals surface area contributed by atoms with Crippen LogP contribution in [0.15, 0.2) is 94.4 Å². The minimum absolute atomic E-state index is 0.0171. The number of unbranched alkanes of at least 4 members (excludes halogenated alkanes) is 1. The average molecular weight is 560 g/mol. The van der Waals surface area contributed by atoms with E-state index in [9.17, 15) is 4.79 Å². The van der Waals surface area contributed by atoms with Gasteiger partial charge in [-0.15, -0.1) is 0 Å². The Hall–Kier alpha value is -4.16. The molecule has 3 aromatic carbocycles. The molecule has 1 atom stereocenters. The Kier molecular flexibility index (Phi) is 6.71. The number of nitrogens with zero attached hydrogens (tertiary/aromatic N) is 3. The lowest BCUT2D eigenvalue weighted by Gasteiger charge is -2.30. The van der Waals surface area contributed by atoms with E-state index < -0.39 is 0 Å². The van der Waals surface area contributed by atoms with Crippen LogP contribution in [0.2, 0.25) is 0 Å². The Labute approximate surface area is 243 Å². The second-order valence-electron chi connectivity index (χ2n) is 10.8. The van der Waals surface area contributed by atoms with E-state index in [0.717, 1.165) is 59.6 Å². The Balaban J connectivity index is 1.43. The second-order valence-corrected chi connectivity index (χ2v) is 11.8. The fraction of sp³-hybridized carbons (Fsp3) is 0.257. The summed E-state index contributed by atoms with van der Waals surface area (Å²) in [4.78, 5) is 20.2. The summed E-state index contributed by atoms with van der Waals surface area (Å²) in [6.07, 6.45) is 8.35. The first-order chi connectivity index (χ1) is 20.2. The lowest BCUT2D eigenvalue weighted by atomic mass is 9.83. The van der Waals surface area contributed by atoms with Crippen LogP contribution in [0.3, 0.4) is 0 Å². The van der Waals surface area contributed by atoms with Gasteiger partial charge in [-0.25, -0.2) is 4.99 Å². The largest absolute Gasteiger partial charge is 0.494 e. The molecule has 7 rings (SSSR count). The number of para-hydroxylation sites is 1. The summed E-state index contributed by atoms with van der Waals surface area (Å²) in [5.74, 6) is 0.839. The molecule has 5 aromatic rings. The molecule has 2 aliphatic rings. The molecule has 1 aliphatic carbocycles. The third-order valence-corrected chi connectivity index (χ3v) is 9.22. The molecule has 5 nitrogen and oxygen atoms in total. The molecule has 0 N–H and O–H groups in total. The molecule has 0 fully saturated rings. The second kappa shape index (κ2) is 10.7. The van der Waals surface area contributed by atoms with Crippen LogP contribution < -0.4 is 19.6 Å². The smallest absolute Gasteiger partial charge is 0.271 e. The Morgan fingerprint density at radius 2 is 1.80 bits per heavy atom. The van der Waals surface area contributed by atoms with Gasteiger partial charge in [0.25, 0.3) is 5.56 Å². The van der Waals surface area contributed by atoms with Gasteiger partial charge in [0.15, 0.2) is 4.80 Å². The molecular weight excluding hydrogens is 526 g/mol. The highest BCUT2D eigenvalue weighted by Crippen LogP contribution is 2.41. The maximum atomic E-state index is 14.2. The van der Waals surface area contributed by atoms with Gasteiger partial charge in [0, 0.05) is 34.8 Å². The standard InChI is InChI=1S/C35H33N3O2S/c1-3-5-20-37-22-25(27-11-8-9-13-30(27)37)21-31-34(39)38-33(24-14-17-26(18-15-24)40-4-2)29-19-16-23-10-6-7-12-28(23)32(29)36-35(38)41-31/h6-15,17-18,21-22,33H,3-5,16,19-20H2,1-2H3/b31-21-. The van der Waals surface area contributed by atoms with E-state index in [2.05, 4.69) is 84.4 Å². The number of aryl methyl sites for hydroxylation is 2. The van der Waals surface area contributed by atoms with Crippen LogP contribution in [0, 0.1) is 0 Å². The number of rotatable bonds is 7. The van der Waals surface area contributed by atoms with Crippen molar-refractivity contribution in [2.45, 2.75) is 52.1 Å². The molecular formula is C35H33N3O2S. The van der Waals surface area contributed by atoms with Crippen molar-refractivity contribution >= 4 is 34.0 Å². The first kappa shape index (κ1) is 25.8. The monoisotopic (exact) mass is 559 g/mol. The third-order valence-electron chi connectivity index (χ3n) is 8.24. The Morgan fingerprint density at radius 3 is 2.63 bits per heavy atom. The fourth-order valence-electron chi connectivity index (χ4n) is 6.28.